The number of benzene rings is 1. The van der Waals surface area contributed by atoms with Crippen molar-refractivity contribution < 1.29 is 27.4 Å². The third kappa shape index (κ3) is 3.60. The van der Waals surface area contributed by atoms with Gasteiger partial charge < -0.3 is 19.1 Å². The van der Waals surface area contributed by atoms with Crippen LogP contribution in [0.5, 0.6) is 11.5 Å². The van der Waals surface area contributed by atoms with Crippen LogP contribution in [0.3, 0.4) is 0 Å². The molecule has 0 spiro atoms. The number of hydrogen-bond acceptors (Lipinski definition) is 7. The summed E-state index contributed by atoms with van der Waals surface area (Å²) in [5.74, 6) is 0.927. The zero-order valence-corrected chi connectivity index (χ0v) is 17.3. The maximum Gasteiger partial charge on any atom is 0.277 e. The second-order valence-electron chi connectivity index (χ2n) is 6.94. The molecule has 0 saturated carbocycles. The van der Waals surface area contributed by atoms with Crippen LogP contribution in [0, 0.1) is 0 Å². The molecule has 152 valence electrons. The summed E-state index contributed by atoms with van der Waals surface area (Å²) < 4.78 is 40.6. The summed E-state index contributed by atoms with van der Waals surface area (Å²) in [6.45, 7) is 0.563. The number of carbonyl (C=O) groups is 1. The molecule has 0 bridgehead atoms. The quantitative estimate of drug-likeness (QED) is 0.715. The number of sulfone groups is 1. The van der Waals surface area contributed by atoms with Gasteiger partial charge in [0.05, 0.1) is 37.5 Å². The van der Waals surface area contributed by atoms with Crippen molar-refractivity contribution in [2.24, 2.45) is 4.99 Å². The molecule has 8 nitrogen and oxygen atoms in total. The van der Waals surface area contributed by atoms with E-state index in [2.05, 4.69) is 4.99 Å². The lowest BCUT2D eigenvalue weighted by molar-refractivity contribution is -0.126. The Labute approximate surface area is 168 Å². The van der Waals surface area contributed by atoms with Crippen LogP contribution < -0.4 is 14.4 Å². The third-order valence-corrected chi connectivity index (χ3v) is 8.33. The van der Waals surface area contributed by atoms with Crippen molar-refractivity contribution in [3.05, 3.63) is 18.2 Å². The van der Waals surface area contributed by atoms with Crippen molar-refractivity contribution in [3.63, 3.8) is 0 Å². The zero-order valence-electron chi connectivity index (χ0n) is 15.7. The number of carbonyl (C=O) groups excluding carboxylic acids is 1. The smallest absolute Gasteiger partial charge is 0.277 e. The number of fused-ring (bicyclic) bond motifs is 1. The Bertz CT molecular complexity index is 911. The first-order chi connectivity index (χ1) is 13.4. The molecule has 1 aromatic carbocycles. The van der Waals surface area contributed by atoms with Gasteiger partial charge in [0.2, 0.25) is 0 Å². The molecule has 1 amide bonds. The van der Waals surface area contributed by atoms with E-state index in [1.54, 1.807) is 32.4 Å². The van der Waals surface area contributed by atoms with Gasteiger partial charge >= 0.3 is 0 Å². The highest BCUT2D eigenvalue weighted by Gasteiger charge is 2.50. The summed E-state index contributed by atoms with van der Waals surface area (Å²) in [7, 11) is -0.0362. The number of ether oxygens (including phenoxy) is 3. The summed E-state index contributed by atoms with van der Waals surface area (Å²) in [5, 5.41) is 0.321. The van der Waals surface area contributed by atoms with Gasteiger partial charge in [-0.2, -0.15) is 4.99 Å². The highest BCUT2D eigenvalue weighted by atomic mass is 32.2. The van der Waals surface area contributed by atoms with Crippen LogP contribution in [-0.2, 0) is 19.4 Å². The average molecular weight is 427 g/mol. The number of amides is 1. The van der Waals surface area contributed by atoms with Gasteiger partial charge in [0.1, 0.15) is 17.6 Å². The van der Waals surface area contributed by atoms with Crippen molar-refractivity contribution in [2.45, 2.75) is 30.2 Å². The van der Waals surface area contributed by atoms with E-state index in [0.29, 0.717) is 35.4 Å². The Morgan fingerprint density at radius 2 is 2.11 bits per heavy atom. The molecule has 3 heterocycles. The molecule has 3 saturated heterocycles. The molecule has 0 N–H and O–H groups in total. The number of aliphatic imine (C=N–C) groups is 1. The number of nitrogens with zero attached hydrogens (tertiary/aromatic N) is 2. The van der Waals surface area contributed by atoms with Crippen molar-refractivity contribution >= 4 is 38.4 Å². The van der Waals surface area contributed by atoms with E-state index >= 15 is 0 Å². The SMILES string of the molecule is COc1ccc(N2C(=NC(=O)[C@H]3CCCO3)S[C@H]3CS(=O)(=O)C[C@@H]32)c(OC)c1. The number of amidine groups is 1. The largest absolute Gasteiger partial charge is 0.497 e. The molecule has 10 heteroatoms. The predicted molar refractivity (Wildman–Crippen MR) is 107 cm³/mol. The Morgan fingerprint density at radius 1 is 1.29 bits per heavy atom. The average Bonchev–Trinajstić information content (AvgIpc) is 3.36. The Balaban J connectivity index is 1.73. The van der Waals surface area contributed by atoms with E-state index in [-0.39, 0.29) is 28.7 Å². The van der Waals surface area contributed by atoms with Gasteiger partial charge in [-0.15, -0.1) is 0 Å². The standard InChI is InChI=1S/C18H22N2O6S2/c1-24-11-5-6-12(15(8-11)25-2)20-13-9-28(22,23)10-16(13)27-18(20)19-17(21)14-4-3-7-26-14/h5-6,8,13-14,16H,3-4,7,9-10H2,1-2H3/t13-,14+,16-/m0/s1. The first-order valence-electron chi connectivity index (χ1n) is 9.04. The van der Waals surface area contributed by atoms with Crippen molar-refractivity contribution in [3.8, 4) is 11.5 Å². The van der Waals surface area contributed by atoms with Crippen molar-refractivity contribution in [2.75, 3.05) is 37.2 Å². The van der Waals surface area contributed by atoms with Gasteiger partial charge in [-0.25, -0.2) is 8.42 Å². The van der Waals surface area contributed by atoms with Crippen LogP contribution in [0.15, 0.2) is 23.2 Å². The van der Waals surface area contributed by atoms with E-state index in [4.69, 9.17) is 14.2 Å². The van der Waals surface area contributed by atoms with Gasteiger partial charge in [0.15, 0.2) is 15.0 Å². The van der Waals surface area contributed by atoms with Gasteiger partial charge in [-0.3, -0.25) is 4.79 Å². The molecular weight excluding hydrogens is 404 g/mol. The summed E-state index contributed by atoms with van der Waals surface area (Å²) in [6.07, 6.45) is 0.985. The van der Waals surface area contributed by atoms with Crippen LogP contribution in [-0.4, -0.2) is 69.2 Å². The second kappa shape index (κ2) is 7.57. The molecule has 0 radical (unpaired) electrons. The molecule has 3 aliphatic heterocycles. The molecule has 0 aromatic heterocycles. The van der Waals surface area contributed by atoms with E-state index in [1.807, 2.05) is 4.90 Å². The minimum atomic E-state index is -3.14. The van der Waals surface area contributed by atoms with Crippen molar-refractivity contribution in [1.29, 1.82) is 0 Å². The van der Waals surface area contributed by atoms with Gasteiger partial charge in [0.25, 0.3) is 5.91 Å². The highest BCUT2D eigenvalue weighted by molar-refractivity contribution is 8.16. The zero-order chi connectivity index (χ0) is 19.9. The topological polar surface area (TPSA) is 94.5 Å². The molecular formula is C18H22N2O6S2. The third-order valence-electron chi connectivity index (χ3n) is 5.12. The number of hydrogen-bond donors (Lipinski definition) is 0. The second-order valence-corrected chi connectivity index (χ2v) is 10.3. The number of thioether (sulfide) groups is 1. The van der Waals surface area contributed by atoms with E-state index < -0.39 is 15.9 Å². The highest BCUT2D eigenvalue weighted by Crippen LogP contribution is 2.44. The Kier molecular flexibility index (Phi) is 5.28. The van der Waals surface area contributed by atoms with E-state index in [9.17, 15) is 13.2 Å². The van der Waals surface area contributed by atoms with Gasteiger partial charge in [-0.1, -0.05) is 11.8 Å². The van der Waals surface area contributed by atoms with E-state index in [0.717, 1.165) is 6.42 Å². The fourth-order valence-electron chi connectivity index (χ4n) is 3.77. The maximum absolute atomic E-state index is 12.6. The number of methoxy groups -OCH3 is 2. The number of anilines is 1. The maximum atomic E-state index is 12.6. The van der Waals surface area contributed by atoms with Crippen LogP contribution in [0.4, 0.5) is 5.69 Å². The molecule has 3 atom stereocenters. The van der Waals surface area contributed by atoms with E-state index in [1.165, 1.54) is 11.8 Å². The monoisotopic (exact) mass is 426 g/mol. The first kappa shape index (κ1) is 19.5. The van der Waals surface area contributed by atoms with Gasteiger partial charge in [0, 0.05) is 17.9 Å². The lowest BCUT2D eigenvalue weighted by Gasteiger charge is -2.26. The van der Waals surface area contributed by atoms with Crippen LogP contribution in [0.2, 0.25) is 0 Å². The van der Waals surface area contributed by atoms with Crippen LogP contribution in [0.25, 0.3) is 0 Å². The first-order valence-corrected chi connectivity index (χ1v) is 11.7. The summed E-state index contributed by atoms with van der Waals surface area (Å²) in [6, 6.07) is 5.01. The summed E-state index contributed by atoms with van der Waals surface area (Å²) >= 11 is 1.34. The molecule has 3 aliphatic rings. The van der Waals surface area contributed by atoms with Crippen molar-refractivity contribution in [1.82, 2.24) is 0 Å². The lowest BCUT2D eigenvalue weighted by atomic mass is 10.2. The Morgan fingerprint density at radius 3 is 2.79 bits per heavy atom. The minimum absolute atomic E-state index is 0.0208. The van der Waals surface area contributed by atoms with Crippen LogP contribution >= 0.6 is 11.8 Å². The summed E-state index contributed by atoms with van der Waals surface area (Å²) in [4.78, 5) is 18.7. The predicted octanol–water partition coefficient (Wildman–Crippen LogP) is 1.48. The summed E-state index contributed by atoms with van der Waals surface area (Å²) in [5.41, 5.74) is 0.666. The molecule has 0 unspecified atom stereocenters. The Hall–Kier alpha value is -1.78. The molecule has 3 fully saturated rings. The molecule has 28 heavy (non-hydrogen) atoms. The van der Waals surface area contributed by atoms with Crippen LogP contribution in [0.1, 0.15) is 12.8 Å². The normalized spacial score (nSPS) is 29.9. The molecule has 0 aliphatic carbocycles. The van der Waals surface area contributed by atoms with Gasteiger partial charge in [-0.05, 0) is 25.0 Å². The fraction of sp³-hybridized carbons (Fsp3) is 0.556. The lowest BCUT2D eigenvalue weighted by Crippen LogP contribution is -2.38. The number of rotatable bonds is 4. The minimum Gasteiger partial charge on any atom is -0.497 e. The fourth-order valence-corrected chi connectivity index (χ4v) is 7.68. The molecule has 4 rings (SSSR count). The molecule has 1 aromatic rings.